The zero-order chi connectivity index (χ0) is 13.8. The van der Waals surface area contributed by atoms with Crippen LogP contribution in [0.3, 0.4) is 0 Å². The number of carbonyl (C=O) groups excluding carboxylic acids is 1. The number of hydrogen-bond donors (Lipinski definition) is 2. The monoisotopic (exact) mass is 261 g/mol. The van der Waals surface area contributed by atoms with Crippen molar-refractivity contribution in [3.63, 3.8) is 0 Å². The third kappa shape index (κ3) is 3.55. The van der Waals surface area contributed by atoms with Crippen molar-refractivity contribution < 1.29 is 4.79 Å². The number of hydrogen-bond acceptors (Lipinski definition) is 3. The van der Waals surface area contributed by atoms with Gasteiger partial charge in [0.05, 0.1) is 0 Å². The number of nitrogens with two attached hydrogens (primary N) is 1. The zero-order valence-electron chi connectivity index (χ0n) is 11.7. The van der Waals surface area contributed by atoms with Gasteiger partial charge in [-0.1, -0.05) is 30.3 Å². The summed E-state index contributed by atoms with van der Waals surface area (Å²) in [5.41, 5.74) is 3.31. The van der Waals surface area contributed by atoms with Crippen molar-refractivity contribution in [1.82, 2.24) is 10.3 Å². The molecule has 4 nitrogen and oxygen atoms in total. The standard InChI is InChI=1S/C15H23N3O/c1-11(2)18(10-12-8-9-12)14(15(19)17-16)13-6-4-3-5-7-13/h3-7,11-12,14H,8-10,16H2,1-2H3,(H,17,19). The highest BCUT2D eigenvalue weighted by Gasteiger charge is 2.33. The predicted molar refractivity (Wildman–Crippen MR) is 76.1 cm³/mol. The molecule has 0 spiro atoms. The van der Waals surface area contributed by atoms with Crippen LogP contribution >= 0.6 is 0 Å². The van der Waals surface area contributed by atoms with E-state index >= 15 is 0 Å². The van der Waals surface area contributed by atoms with E-state index in [0.717, 1.165) is 18.0 Å². The topological polar surface area (TPSA) is 58.4 Å². The first-order valence-electron chi connectivity index (χ1n) is 6.94. The van der Waals surface area contributed by atoms with Crippen LogP contribution in [0.5, 0.6) is 0 Å². The molecule has 0 bridgehead atoms. The molecule has 1 aliphatic carbocycles. The summed E-state index contributed by atoms with van der Waals surface area (Å²) >= 11 is 0. The Labute approximate surface area is 114 Å². The van der Waals surface area contributed by atoms with Gasteiger partial charge in [0.1, 0.15) is 6.04 Å². The van der Waals surface area contributed by atoms with Gasteiger partial charge in [-0.05, 0) is 38.2 Å². The molecule has 2 rings (SSSR count). The van der Waals surface area contributed by atoms with Gasteiger partial charge in [0.25, 0.3) is 5.91 Å². The minimum Gasteiger partial charge on any atom is -0.293 e. The molecular weight excluding hydrogens is 238 g/mol. The summed E-state index contributed by atoms with van der Waals surface area (Å²) < 4.78 is 0. The smallest absolute Gasteiger partial charge is 0.255 e. The van der Waals surface area contributed by atoms with Gasteiger partial charge in [-0.2, -0.15) is 0 Å². The summed E-state index contributed by atoms with van der Waals surface area (Å²) in [6, 6.07) is 9.87. The van der Waals surface area contributed by atoms with E-state index in [9.17, 15) is 4.79 Å². The Balaban J connectivity index is 2.26. The molecule has 1 fully saturated rings. The molecule has 1 unspecified atom stereocenters. The number of nitrogens with one attached hydrogen (secondary N) is 1. The van der Waals surface area contributed by atoms with Crippen molar-refractivity contribution in [3.05, 3.63) is 35.9 Å². The number of carbonyl (C=O) groups is 1. The van der Waals surface area contributed by atoms with Crippen LogP contribution in [0.25, 0.3) is 0 Å². The van der Waals surface area contributed by atoms with Crippen LogP contribution in [-0.2, 0) is 4.79 Å². The summed E-state index contributed by atoms with van der Waals surface area (Å²) in [5.74, 6) is 5.97. The molecule has 1 atom stereocenters. The molecule has 104 valence electrons. The van der Waals surface area contributed by atoms with Crippen LogP contribution in [-0.4, -0.2) is 23.4 Å². The van der Waals surface area contributed by atoms with Crippen LogP contribution in [0, 0.1) is 5.92 Å². The van der Waals surface area contributed by atoms with Crippen molar-refractivity contribution in [2.45, 2.75) is 38.8 Å². The molecule has 0 heterocycles. The summed E-state index contributed by atoms with van der Waals surface area (Å²) in [6.07, 6.45) is 2.55. The minimum absolute atomic E-state index is 0.138. The Morgan fingerprint density at radius 1 is 1.37 bits per heavy atom. The van der Waals surface area contributed by atoms with Crippen LogP contribution in [0.4, 0.5) is 0 Å². The fraction of sp³-hybridized carbons (Fsp3) is 0.533. The van der Waals surface area contributed by atoms with Gasteiger partial charge in [0.2, 0.25) is 0 Å². The second-order valence-electron chi connectivity index (χ2n) is 5.56. The summed E-state index contributed by atoms with van der Waals surface area (Å²) in [7, 11) is 0. The first kappa shape index (κ1) is 14.0. The van der Waals surface area contributed by atoms with Crippen molar-refractivity contribution in [1.29, 1.82) is 0 Å². The first-order chi connectivity index (χ1) is 9.13. The number of hydrazine groups is 1. The van der Waals surface area contributed by atoms with Gasteiger partial charge < -0.3 is 0 Å². The molecule has 0 radical (unpaired) electrons. The maximum atomic E-state index is 12.2. The summed E-state index contributed by atoms with van der Waals surface area (Å²) in [5, 5.41) is 0. The van der Waals surface area contributed by atoms with Crippen molar-refractivity contribution in [2.24, 2.45) is 11.8 Å². The second-order valence-corrected chi connectivity index (χ2v) is 5.56. The second kappa shape index (κ2) is 6.17. The van der Waals surface area contributed by atoms with Crippen molar-refractivity contribution in [3.8, 4) is 0 Å². The molecular formula is C15H23N3O. The van der Waals surface area contributed by atoms with Gasteiger partial charge in [-0.3, -0.25) is 15.1 Å². The van der Waals surface area contributed by atoms with Crippen molar-refractivity contribution >= 4 is 5.91 Å². The van der Waals surface area contributed by atoms with Gasteiger partial charge >= 0.3 is 0 Å². The Morgan fingerprint density at radius 2 is 2.00 bits per heavy atom. The van der Waals surface area contributed by atoms with E-state index in [0.29, 0.717) is 6.04 Å². The summed E-state index contributed by atoms with van der Waals surface area (Å²) in [4.78, 5) is 14.4. The molecule has 19 heavy (non-hydrogen) atoms. The predicted octanol–water partition coefficient (Wildman–Crippen LogP) is 1.84. The lowest BCUT2D eigenvalue weighted by atomic mass is 10.0. The fourth-order valence-electron chi connectivity index (χ4n) is 2.42. The van der Waals surface area contributed by atoms with E-state index in [1.807, 2.05) is 30.3 Å². The minimum atomic E-state index is -0.299. The van der Waals surface area contributed by atoms with E-state index in [4.69, 9.17) is 5.84 Å². The van der Waals surface area contributed by atoms with Gasteiger partial charge in [-0.25, -0.2) is 5.84 Å². The molecule has 1 amide bonds. The molecule has 1 saturated carbocycles. The molecule has 0 saturated heterocycles. The average molecular weight is 261 g/mol. The Hall–Kier alpha value is -1.39. The third-order valence-electron chi connectivity index (χ3n) is 3.67. The normalized spacial score (nSPS) is 16.7. The Morgan fingerprint density at radius 3 is 2.47 bits per heavy atom. The third-order valence-corrected chi connectivity index (χ3v) is 3.67. The van der Waals surface area contributed by atoms with E-state index in [-0.39, 0.29) is 11.9 Å². The highest BCUT2D eigenvalue weighted by Crippen LogP contribution is 2.34. The maximum Gasteiger partial charge on any atom is 0.255 e. The van der Waals surface area contributed by atoms with Gasteiger partial charge in [0.15, 0.2) is 0 Å². The lowest BCUT2D eigenvalue weighted by Crippen LogP contribution is -2.46. The fourth-order valence-corrected chi connectivity index (χ4v) is 2.42. The number of nitrogens with zero attached hydrogens (tertiary/aromatic N) is 1. The van der Waals surface area contributed by atoms with Crippen LogP contribution in [0.2, 0.25) is 0 Å². The van der Waals surface area contributed by atoms with Gasteiger partial charge in [-0.15, -0.1) is 0 Å². The zero-order valence-corrected chi connectivity index (χ0v) is 11.7. The van der Waals surface area contributed by atoms with Crippen LogP contribution in [0.15, 0.2) is 30.3 Å². The Kier molecular flexibility index (Phi) is 4.56. The quantitative estimate of drug-likeness (QED) is 0.467. The van der Waals surface area contributed by atoms with Crippen molar-refractivity contribution in [2.75, 3.05) is 6.54 Å². The van der Waals surface area contributed by atoms with Crippen LogP contribution in [0.1, 0.15) is 38.3 Å². The van der Waals surface area contributed by atoms with E-state index in [1.54, 1.807) is 0 Å². The molecule has 1 aliphatic rings. The van der Waals surface area contributed by atoms with E-state index < -0.39 is 0 Å². The molecule has 3 N–H and O–H groups in total. The molecule has 1 aromatic carbocycles. The van der Waals surface area contributed by atoms with Gasteiger partial charge in [0, 0.05) is 12.6 Å². The average Bonchev–Trinajstić information content (AvgIpc) is 3.22. The number of benzene rings is 1. The number of amides is 1. The largest absolute Gasteiger partial charge is 0.293 e. The Bertz CT molecular complexity index is 415. The number of rotatable bonds is 6. The summed E-state index contributed by atoms with van der Waals surface area (Å²) in [6.45, 7) is 5.22. The molecule has 1 aromatic rings. The van der Waals surface area contributed by atoms with E-state index in [2.05, 4.69) is 24.2 Å². The maximum absolute atomic E-state index is 12.2. The first-order valence-corrected chi connectivity index (χ1v) is 6.94. The van der Waals surface area contributed by atoms with E-state index in [1.165, 1.54) is 12.8 Å². The highest BCUT2D eigenvalue weighted by atomic mass is 16.2. The molecule has 0 aliphatic heterocycles. The lowest BCUT2D eigenvalue weighted by Gasteiger charge is -2.34. The highest BCUT2D eigenvalue weighted by molar-refractivity contribution is 5.82. The van der Waals surface area contributed by atoms with Crippen LogP contribution < -0.4 is 11.3 Å². The molecule has 0 aromatic heterocycles. The SMILES string of the molecule is CC(C)N(CC1CC1)C(C(=O)NN)c1ccccc1. The molecule has 4 heteroatoms. The lowest BCUT2D eigenvalue weighted by molar-refractivity contribution is -0.127.